The van der Waals surface area contributed by atoms with Crippen LogP contribution in [-0.2, 0) is 9.53 Å². The van der Waals surface area contributed by atoms with Crippen molar-refractivity contribution in [1.82, 2.24) is 4.90 Å². The molecule has 17 heavy (non-hydrogen) atoms. The van der Waals surface area contributed by atoms with Crippen LogP contribution in [-0.4, -0.2) is 40.3 Å². The summed E-state index contributed by atoms with van der Waals surface area (Å²) in [7, 11) is 0. The van der Waals surface area contributed by atoms with Crippen molar-refractivity contribution in [2.45, 2.75) is 52.2 Å². The van der Waals surface area contributed by atoms with Gasteiger partial charge in [-0.2, -0.15) is 0 Å². The Hall–Kier alpha value is -1.26. The Bertz CT molecular complexity index is 308. The van der Waals surface area contributed by atoms with E-state index in [0.717, 1.165) is 6.42 Å². The summed E-state index contributed by atoms with van der Waals surface area (Å²) in [4.78, 5) is 24.3. The molecule has 1 aliphatic heterocycles. The number of hydrogen-bond acceptors (Lipinski definition) is 3. The third-order valence-electron chi connectivity index (χ3n) is 2.73. The summed E-state index contributed by atoms with van der Waals surface area (Å²) in [6, 6.07) is -0.749. The summed E-state index contributed by atoms with van der Waals surface area (Å²) in [5, 5.41) is 9.09. The normalized spacial score (nSPS) is 25.5. The van der Waals surface area contributed by atoms with Crippen molar-refractivity contribution < 1.29 is 19.4 Å². The molecule has 1 amide bonds. The molecule has 1 heterocycles. The predicted octanol–water partition coefficient (Wildman–Crippen LogP) is 2.11. The van der Waals surface area contributed by atoms with E-state index in [2.05, 4.69) is 0 Å². The second-order valence-corrected chi connectivity index (χ2v) is 5.67. The zero-order chi connectivity index (χ0) is 13.2. The first-order chi connectivity index (χ1) is 7.70. The first-order valence-electron chi connectivity index (χ1n) is 5.93. The Balaban J connectivity index is 2.75. The van der Waals surface area contributed by atoms with Gasteiger partial charge in [0.15, 0.2) is 0 Å². The van der Waals surface area contributed by atoms with Crippen LogP contribution in [0.1, 0.15) is 40.5 Å². The molecule has 1 N–H and O–H groups in total. The van der Waals surface area contributed by atoms with Gasteiger partial charge in [0.1, 0.15) is 11.6 Å². The first kappa shape index (κ1) is 13.8. The smallest absolute Gasteiger partial charge is 0.411 e. The molecule has 0 saturated carbocycles. The molecule has 0 bridgehead atoms. The molecule has 5 nitrogen and oxygen atoms in total. The Morgan fingerprint density at radius 3 is 2.35 bits per heavy atom. The summed E-state index contributed by atoms with van der Waals surface area (Å²) in [5.74, 6) is -0.638. The maximum absolute atomic E-state index is 11.9. The topological polar surface area (TPSA) is 66.8 Å². The number of piperidine rings is 1. The lowest BCUT2D eigenvalue weighted by Gasteiger charge is -2.37. The van der Waals surface area contributed by atoms with Crippen molar-refractivity contribution in [2.75, 3.05) is 6.54 Å². The van der Waals surface area contributed by atoms with Crippen molar-refractivity contribution in [2.24, 2.45) is 5.92 Å². The van der Waals surface area contributed by atoms with Crippen LogP contribution in [0, 0.1) is 5.92 Å². The number of carboxylic acid groups (broad SMARTS) is 1. The highest BCUT2D eigenvalue weighted by Crippen LogP contribution is 2.24. The number of amides is 1. The Kier molecular flexibility index (Phi) is 4.01. The molecule has 0 radical (unpaired) electrons. The highest BCUT2D eigenvalue weighted by molar-refractivity contribution is 5.80. The van der Waals surface area contributed by atoms with Crippen molar-refractivity contribution >= 4 is 12.1 Å². The summed E-state index contributed by atoms with van der Waals surface area (Å²) in [5.41, 5.74) is -0.596. The standard InChI is InChI=1S/C12H21NO4/c1-8-5-6-9(10(14)15)13(7-8)11(16)17-12(2,3)4/h8-9H,5-7H2,1-4H3,(H,14,15)/t8?,9-/m1/s1. The molecule has 1 fully saturated rings. The maximum atomic E-state index is 11.9. The average molecular weight is 243 g/mol. The molecule has 1 aliphatic rings. The molecule has 0 spiro atoms. The highest BCUT2D eigenvalue weighted by Gasteiger charge is 2.36. The average Bonchev–Trinajstić information content (AvgIpc) is 2.14. The number of aliphatic carboxylic acids is 1. The lowest BCUT2D eigenvalue weighted by Crippen LogP contribution is -2.51. The molecule has 1 rings (SSSR count). The van der Waals surface area contributed by atoms with Gasteiger partial charge in [0, 0.05) is 6.54 Å². The third kappa shape index (κ3) is 3.91. The van der Waals surface area contributed by atoms with Gasteiger partial charge in [0.25, 0.3) is 0 Å². The van der Waals surface area contributed by atoms with Crippen molar-refractivity contribution in [3.63, 3.8) is 0 Å². The first-order valence-corrected chi connectivity index (χ1v) is 5.93. The van der Waals surface area contributed by atoms with Gasteiger partial charge < -0.3 is 9.84 Å². The Labute approximate surface area is 102 Å². The maximum Gasteiger partial charge on any atom is 0.411 e. The quantitative estimate of drug-likeness (QED) is 0.766. The number of carboxylic acids is 1. The van der Waals surface area contributed by atoms with Crippen LogP contribution in [0.4, 0.5) is 4.79 Å². The number of carbonyl (C=O) groups excluding carboxylic acids is 1. The predicted molar refractivity (Wildman–Crippen MR) is 62.8 cm³/mol. The summed E-state index contributed by atoms with van der Waals surface area (Å²) in [6.45, 7) is 7.78. The zero-order valence-electron chi connectivity index (χ0n) is 10.9. The van der Waals surface area contributed by atoms with Gasteiger partial charge in [-0.1, -0.05) is 6.92 Å². The van der Waals surface area contributed by atoms with Gasteiger partial charge >= 0.3 is 12.1 Å². The SMILES string of the molecule is CC1CC[C@H](C(=O)O)N(C(=O)OC(C)(C)C)C1. The molecule has 1 saturated heterocycles. The number of nitrogens with zero attached hydrogens (tertiary/aromatic N) is 1. The Morgan fingerprint density at radius 1 is 1.29 bits per heavy atom. The van der Waals surface area contributed by atoms with E-state index < -0.39 is 23.7 Å². The molecule has 1 unspecified atom stereocenters. The minimum Gasteiger partial charge on any atom is -0.480 e. The summed E-state index contributed by atoms with van der Waals surface area (Å²) in [6.07, 6.45) is 0.794. The molecule has 2 atom stereocenters. The largest absolute Gasteiger partial charge is 0.480 e. The number of hydrogen-bond donors (Lipinski definition) is 1. The molecular weight excluding hydrogens is 222 g/mol. The molecule has 5 heteroatoms. The highest BCUT2D eigenvalue weighted by atomic mass is 16.6. The zero-order valence-corrected chi connectivity index (χ0v) is 10.9. The minimum absolute atomic E-state index is 0.318. The van der Waals surface area contributed by atoms with Crippen LogP contribution in [0.2, 0.25) is 0 Å². The molecule has 0 aromatic rings. The van der Waals surface area contributed by atoms with Gasteiger partial charge in [-0.15, -0.1) is 0 Å². The summed E-state index contributed by atoms with van der Waals surface area (Å²) >= 11 is 0. The van der Waals surface area contributed by atoms with Crippen LogP contribution < -0.4 is 0 Å². The fourth-order valence-corrected chi connectivity index (χ4v) is 1.93. The van der Waals surface area contributed by atoms with E-state index in [1.165, 1.54) is 4.90 Å². The van der Waals surface area contributed by atoms with E-state index >= 15 is 0 Å². The van der Waals surface area contributed by atoms with Gasteiger partial charge in [-0.25, -0.2) is 9.59 Å². The minimum atomic E-state index is -0.956. The van der Waals surface area contributed by atoms with Gasteiger partial charge in [0.05, 0.1) is 0 Å². The molecule has 0 aromatic carbocycles. The van der Waals surface area contributed by atoms with Crippen LogP contribution in [0.3, 0.4) is 0 Å². The second kappa shape index (κ2) is 4.94. The lowest BCUT2D eigenvalue weighted by molar-refractivity contribution is -0.144. The molecule has 0 aliphatic carbocycles. The fourth-order valence-electron chi connectivity index (χ4n) is 1.93. The van der Waals surface area contributed by atoms with E-state index in [4.69, 9.17) is 9.84 Å². The van der Waals surface area contributed by atoms with E-state index in [-0.39, 0.29) is 0 Å². The van der Waals surface area contributed by atoms with E-state index in [0.29, 0.717) is 18.9 Å². The van der Waals surface area contributed by atoms with Crippen LogP contribution >= 0.6 is 0 Å². The number of likely N-dealkylation sites (tertiary alicyclic amines) is 1. The lowest BCUT2D eigenvalue weighted by atomic mass is 9.94. The summed E-state index contributed by atoms with van der Waals surface area (Å²) < 4.78 is 5.23. The number of carbonyl (C=O) groups is 2. The van der Waals surface area contributed by atoms with Crippen molar-refractivity contribution in [3.05, 3.63) is 0 Å². The van der Waals surface area contributed by atoms with Crippen LogP contribution in [0.15, 0.2) is 0 Å². The number of rotatable bonds is 1. The van der Waals surface area contributed by atoms with Crippen molar-refractivity contribution in [3.8, 4) is 0 Å². The van der Waals surface area contributed by atoms with E-state index in [1.54, 1.807) is 20.8 Å². The van der Waals surface area contributed by atoms with Gasteiger partial charge in [0.2, 0.25) is 0 Å². The van der Waals surface area contributed by atoms with E-state index in [9.17, 15) is 9.59 Å². The number of ether oxygens (including phenoxy) is 1. The fraction of sp³-hybridized carbons (Fsp3) is 0.833. The third-order valence-corrected chi connectivity index (χ3v) is 2.73. The van der Waals surface area contributed by atoms with Crippen molar-refractivity contribution in [1.29, 1.82) is 0 Å². The molecular formula is C12H21NO4. The molecule has 0 aromatic heterocycles. The van der Waals surface area contributed by atoms with Crippen LogP contribution in [0.5, 0.6) is 0 Å². The van der Waals surface area contributed by atoms with Gasteiger partial charge in [-0.3, -0.25) is 4.90 Å². The van der Waals surface area contributed by atoms with Crippen LogP contribution in [0.25, 0.3) is 0 Å². The monoisotopic (exact) mass is 243 g/mol. The second-order valence-electron chi connectivity index (χ2n) is 5.67. The van der Waals surface area contributed by atoms with Gasteiger partial charge in [-0.05, 0) is 39.5 Å². The van der Waals surface area contributed by atoms with E-state index in [1.807, 2.05) is 6.92 Å². The Morgan fingerprint density at radius 2 is 1.88 bits per heavy atom. The molecule has 98 valence electrons.